The molecule has 0 spiro atoms. The van der Waals surface area contributed by atoms with E-state index in [0.29, 0.717) is 21.5 Å². The van der Waals surface area contributed by atoms with Crippen LogP contribution in [-0.2, 0) is 5.75 Å². The summed E-state index contributed by atoms with van der Waals surface area (Å²) < 4.78 is 5.11. The summed E-state index contributed by atoms with van der Waals surface area (Å²) in [5, 5.41) is 10.1. The molecule has 0 bridgehead atoms. The Bertz CT molecular complexity index is 674. The molecule has 110 valence electrons. The maximum absolute atomic E-state index is 11.0. The fourth-order valence-electron chi connectivity index (χ4n) is 1.74. The van der Waals surface area contributed by atoms with Crippen molar-refractivity contribution >= 4 is 40.9 Å². The van der Waals surface area contributed by atoms with Gasteiger partial charge in [-0.2, -0.15) is 0 Å². The summed E-state index contributed by atoms with van der Waals surface area (Å²) in [6, 6.07) is 10.5. The Balaban J connectivity index is 2.13. The van der Waals surface area contributed by atoms with Crippen LogP contribution in [0.2, 0.25) is 10.0 Å². The molecule has 0 aliphatic carbocycles. The lowest BCUT2D eigenvalue weighted by Crippen LogP contribution is -2.00. The van der Waals surface area contributed by atoms with E-state index in [1.165, 1.54) is 7.11 Å². The van der Waals surface area contributed by atoms with Gasteiger partial charge in [0.25, 0.3) is 0 Å². The second-order valence-corrected chi connectivity index (χ2v) is 6.07. The van der Waals surface area contributed by atoms with Gasteiger partial charge >= 0.3 is 5.97 Å². The lowest BCUT2D eigenvalue weighted by Gasteiger charge is -2.08. The number of hydrogen-bond acceptors (Lipinski definition) is 3. The molecule has 3 nitrogen and oxygen atoms in total. The quantitative estimate of drug-likeness (QED) is 0.777. The van der Waals surface area contributed by atoms with Crippen LogP contribution < -0.4 is 4.74 Å². The zero-order valence-electron chi connectivity index (χ0n) is 11.1. The van der Waals surface area contributed by atoms with E-state index < -0.39 is 5.97 Å². The second kappa shape index (κ2) is 7.07. The van der Waals surface area contributed by atoms with Crippen LogP contribution in [0.5, 0.6) is 5.75 Å². The van der Waals surface area contributed by atoms with Gasteiger partial charge in [0.1, 0.15) is 11.3 Å². The Morgan fingerprint density at radius 3 is 2.57 bits per heavy atom. The third-order valence-electron chi connectivity index (χ3n) is 2.79. The third-order valence-corrected chi connectivity index (χ3v) is 4.60. The second-order valence-electron chi connectivity index (χ2n) is 4.20. The van der Waals surface area contributed by atoms with Gasteiger partial charge in [-0.25, -0.2) is 4.79 Å². The van der Waals surface area contributed by atoms with E-state index in [0.717, 1.165) is 10.5 Å². The molecular weight excluding hydrogens is 331 g/mol. The number of benzene rings is 2. The predicted molar refractivity (Wildman–Crippen MR) is 86.0 cm³/mol. The number of carboxylic acid groups (broad SMARTS) is 1. The molecule has 0 unspecified atom stereocenters. The molecule has 0 saturated heterocycles. The molecule has 1 N–H and O–H groups in total. The van der Waals surface area contributed by atoms with Crippen LogP contribution >= 0.6 is 35.0 Å². The van der Waals surface area contributed by atoms with Crippen molar-refractivity contribution in [2.24, 2.45) is 0 Å². The number of halogens is 2. The molecule has 0 saturated carbocycles. The van der Waals surface area contributed by atoms with E-state index in [1.807, 2.05) is 6.07 Å². The van der Waals surface area contributed by atoms with Crippen molar-refractivity contribution in [3.63, 3.8) is 0 Å². The van der Waals surface area contributed by atoms with E-state index in [4.69, 9.17) is 33.0 Å². The number of aromatic carboxylic acids is 1. The van der Waals surface area contributed by atoms with Gasteiger partial charge < -0.3 is 9.84 Å². The van der Waals surface area contributed by atoms with Crippen LogP contribution in [-0.4, -0.2) is 18.2 Å². The molecule has 2 aromatic rings. The summed E-state index contributed by atoms with van der Waals surface area (Å²) >= 11 is 13.4. The Morgan fingerprint density at radius 1 is 1.19 bits per heavy atom. The topological polar surface area (TPSA) is 46.5 Å². The lowest BCUT2D eigenvalue weighted by atomic mass is 10.1. The van der Waals surface area contributed by atoms with Crippen molar-refractivity contribution in [3.8, 4) is 5.75 Å². The molecule has 21 heavy (non-hydrogen) atoms. The van der Waals surface area contributed by atoms with Crippen molar-refractivity contribution in [3.05, 3.63) is 57.6 Å². The van der Waals surface area contributed by atoms with Gasteiger partial charge in [-0.1, -0.05) is 29.3 Å². The smallest absolute Gasteiger partial charge is 0.339 e. The first-order valence-corrected chi connectivity index (χ1v) is 7.73. The number of carbonyl (C=O) groups is 1. The van der Waals surface area contributed by atoms with E-state index >= 15 is 0 Å². The number of ether oxygens (including phenoxy) is 1. The maximum atomic E-state index is 11.0. The van der Waals surface area contributed by atoms with Crippen LogP contribution in [0.3, 0.4) is 0 Å². The average Bonchev–Trinajstić information content (AvgIpc) is 2.48. The summed E-state index contributed by atoms with van der Waals surface area (Å²) in [5.41, 5.74) is 1.12. The highest BCUT2D eigenvalue weighted by Crippen LogP contribution is 2.31. The number of carboxylic acids is 1. The van der Waals surface area contributed by atoms with Gasteiger partial charge in [0.2, 0.25) is 0 Å². The molecule has 0 radical (unpaired) electrons. The highest BCUT2D eigenvalue weighted by molar-refractivity contribution is 7.98. The van der Waals surface area contributed by atoms with Crippen molar-refractivity contribution in [1.82, 2.24) is 0 Å². The minimum absolute atomic E-state index is 0.154. The van der Waals surface area contributed by atoms with Crippen molar-refractivity contribution in [1.29, 1.82) is 0 Å². The predicted octanol–water partition coefficient (Wildman–Crippen LogP) is 4.99. The van der Waals surface area contributed by atoms with Crippen molar-refractivity contribution in [2.75, 3.05) is 7.11 Å². The molecule has 0 aliphatic rings. The Labute approximate surface area is 136 Å². The molecule has 2 rings (SSSR count). The van der Waals surface area contributed by atoms with Crippen LogP contribution in [0.25, 0.3) is 0 Å². The maximum Gasteiger partial charge on any atom is 0.339 e. The first-order chi connectivity index (χ1) is 10.0. The van der Waals surface area contributed by atoms with Gasteiger partial charge in [0, 0.05) is 10.6 Å². The lowest BCUT2D eigenvalue weighted by molar-refractivity contribution is 0.0693. The zero-order valence-corrected chi connectivity index (χ0v) is 13.4. The summed E-state index contributed by atoms with van der Waals surface area (Å²) in [5.74, 6) is 0.0269. The van der Waals surface area contributed by atoms with Crippen LogP contribution in [0, 0.1) is 0 Å². The highest BCUT2D eigenvalue weighted by atomic mass is 35.5. The van der Waals surface area contributed by atoms with E-state index in [9.17, 15) is 4.79 Å². The summed E-state index contributed by atoms with van der Waals surface area (Å²) in [6.45, 7) is 0. The monoisotopic (exact) mass is 342 g/mol. The SMILES string of the molecule is COc1cc(CSc2ccc(Cl)c(Cl)c2)ccc1C(=O)O. The van der Waals surface area contributed by atoms with E-state index in [2.05, 4.69) is 0 Å². The fraction of sp³-hybridized carbons (Fsp3) is 0.133. The van der Waals surface area contributed by atoms with Gasteiger partial charge in [-0.05, 0) is 35.9 Å². The molecule has 0 fully saturated rings. The van der Waals surface area contributed by atoms with Crippen molar-refractivity contribution in [2.45, 2.75) is 10.6 Å². The normalized spacial score (nSPS) is 10.4. The summed E-state index contributed by atoms with van der Waals surface area (Å²) in [7, 11) is 1.46. The molecule has 0 amide bonds. The number of hydrogen-bond donors (Lipinski definition) is 1. The highest BCUT2D eigenvalue weighted by Gasteiger charge is 2.11. The van der Waals surface area contributed by atoms with Gasteiger partial charge in [0.15, 0.2) is 0 Å². The van der Waals surface area contributed by atoms with Crippen LogP contribution in [0.1, 0.15) is 15.9 Å². The Hall–Kier alpha value is -1.36. The number of rotatable bonds is 5. The van der Waals surface area contributed by atoms with Gasteiger partial charge in [-0.3, -0.25) is 0 Å². The minimum atomic E-state index is -1.00. The third kappa shape index (κ3) is 4.06. The average molecular weight is 343 g/mol. The van der Waals surface area contributed by atoms with Crippen LogP contribution in [0.15, 0.2) is 41.3 Å². The fourth-order valence-corrected chi connectivity index (χ4v) is 2.98. The molecule has 6 heteroatoms. The molecule has 0 heterocycles. The Kier molecular flexibility index (Phi) is 5.39. The molecule has 2 aromatic carbocycles. The van der Waals surface area contributed by atoms with Crippen LogP contribution in [0.4, 0.5) is 0 Å². The van der Waals surface area contributed by atoms with Crippen molar-refractivity contribution < 1.29 is 14.6 Å². The van der Waals surface area contributed by atoms with E-state index in [1.54, 1.807) is 42.1 Å². The molecule has 0 aromatic heterocycles. The zero-order chi connectivity index (χ0) is 15.4. The Morgan fingerprint density at radius 2 is 1.95 bits per heavy atom. The molecule has 0 atom stereocenters. The minimum Gasteiger partial charge on any atom is -0.496 e. The van der Waals surface area contributed by atoms with Gasteiger partial charge in [0.05, 0.1) is 17.2 Å². The summed E-state index contributed by atoms with van der Waals surface area (Å²) in [6.07, 6.45) is 0. The number of methoxy groups -OCH3 is 1. The van der Waals surface area contributed by atoms with E-state index in [-0.39, 0.29) is 5.56 Å². The standard InChI is InChI=1S/C15H12Cl2O3S/c1-20-14-6-9(2-4-11(14)15(18)19)8-21-10-3-5-12(16)13(17)7-10/h2-7H,8H2,1H3,(H,18,19). The summed E-state index contributed by atoms with van der Waals surface area (Å²) in [4.78, 5) is 12.0. The largest absolute Gasteiger partial charge is 0.496 e. The number of thioether (sulfide) groups is 1. The first kappa shape index (κ1) is 16.0. The molecule has 0 aliphatic heterocycles. The first-order valence-electron chi connectivity index (χ1n) is 5.99. The molecular formula is C15H12Cl2O3S. The van der Waals surface area contributed by atoms with Gasteiger partial charge in [-0.15, -0.1) is 11.8 Å².